The van der Waals surface area contributed by atoms with Crippen molar-refractivity contribution in [3.63, 3.8) is 0 Å². The quantitative estimate of drug-likeness (QED) is 0.452. The summed E-state index contributed by atoms with van der Waals surface area (Å²) >= 11 is 1.72. The smallest absolute Gasteiger partial charge is 0.0712 e. The summed E-state index contributed by atoms with van der Waals surface area (Å²) in [5.74, 6) is 6.41. The van der Waals surface area contributed by atoms with Gasteiger partial charge < -0.3 is 0 Å². The SMILES string of the molecule is C=CCN(CC#Cc1ccccc1)Sc1ccc(C)cc1. The summed E-state index contributed by atoms with van der Waals surface area (Å²) in [6.45, 7) is 7.43. The minimum absolute atomic E-state index is 0.708. The molecule has 1 nitrogen and oxygen atoms in total. The van der Waals surface area contributed by atoms with Gasteiger partial charge >= 0.3 is 0 Å². The van der Waals surface area contributed by atoms with Crippen LogP contribution in [0.5, 0.6) is 0 Å². The Morgan fingerprint density at radius 1 is 1.10 bits per heavy atom. The molecule has 21 heavy (non-hydrogen) atoms. The van der Waals surface area contributed by atoms with Crippen LogP contribution in [-0.4, -0.2) is 17.4 Å². The van der Waals surface area contributed by atoms with Crippen LogP contribution >= 0.6 is 11.9 Å². The molecule has 0 unspecified atom stereocenters. The Kier molecular flexibility index (Phi) is 6.15. The summed E-state index contributed by atoms with van der Waals surface area (Å²) < 4.78 is 2.20. The second kappa shape index (κ2) is 8.36. The van der Waals surface area contributed by atoms with Crippen molar-refractivity contribution < 1.29 is 0 Å². The molecule has 0 aliphatic rings. The second-order valence-electron chi connectivity index (χ2n) is 4.68. The van der Waals surface area contributed by atoms with E-state index in [-0.39, 0.29) is 0 Å². The van der Waals surface area contributed by atoms with Gasteiger partial charge in [-0.05, 0) is 43.1 Å². The summed E-state index contributed by atoms with van der Waals surface area (Å²) in [5.41, 5.74) is 2.33. The Balaban J connectivity index is 1.97. The number of rotatable bonds is 5. The Morgan fingerprint density at radius 3 is 2.48 bits per heavy atom. The van der Waals surface area contributed by atoms with E-state index < -0.39 is 0 Å². The average molecular weight is 293 g/mol. The van der Waals surface area contributed by atoms with Gasteiger partial charge in [0.1, 0.15) is 0 Å². The number of hydrogen-bond donors (Lipinski definition) is 0. The molecule has 0 radical (unpaired) electrons. The highest BCUT2D eigenvalue weighted by Gasteiger charge is 2.03. The molecular formula is C19H19NS. The van der Waals surface area contributed by atoms with Gasteiger partial charge in [-0.3, -0.25) is 0 Å². The summed E-state index contributed by atoms with van der Waals surface area (Å²) in [5, 5.41) is 0. The van der Waals surface area contributed by atoms with Gasteiger partial charge in [-0.15, -0.1) is 6.58 Å². The molecule has 0 fully saturated rings. The average Bonchev–Trinajstić information content (AvgIpc) is 2.51. The van der Waals surface area contributed by atoms with Gasteiger partial charge in [0.05, 0.1) is 6.54 Å². The monoisotopic (exact) mass is 293 g/mol. The molecule has 0 heterocycles. The first-order chi connectivity index (χ1) is 10.3. The van der Waals surface area contributed by atoms with E-state index in [1.165, 1.54) is 10.5 Å². The van der Waals surface area contributed by atoms with Gasteiger partial charge in [0, 0.05) is 17.0 Å². The molecule has 0 aliphatic heterocycles. The molecule has 0 aromatic heterocycles. The molecule has 106 valence electrons. The Labute approximate surface area is 131 Å². The first-order valence-corrected chi connectivity index (χ1v) is 7.69. The molecule has 0 N–H and O–H groups in total. The van der Waals surface area contributed by atoms with Crippen molar-refractivity contribution in [2.24, 2.45) is 0 Å². The molecule has 0 amide bonds. The third kappa shape index (κ3) is 5.51. The summed E-state index contributed by atoms with van der Waals surface area (Å²) in [4.78, 5) is 1.23. The molecule has 2 aromatic carbocycles. The van der Waals surface area contributed by atoms with Crippen LogP contribution in [0, 0.1) is 18.8 Å². The van der Waals surface area contributed by atoms with Crippen molar-refractivity contribution >= 4 is 11.9 Å². The van der Waals surface area contributed by atoms with Crippen LogP contribution in [0.15, 0.2) is 72.1 Å². The van der Waals surface area contributed by atoms with Gasteiger partial charge in [-0.1, -0.05) is 53.8 Å². The molecule has 2 rings (SSSR count). The maximum atomic E-state index is 3.82. The molecule has 0 atom stereocenters. The maximum absolute atomic E-state index is 3.82. The zero-order valence-corrected chi connectivity index (χ0v) is 13.1. The zero-order chi connectivity index (χ0) is 14.9. The van der Waals surface area contributed by atoms with E-state index in [2.05, 4.69) is 53.9 Å². The third-order valence-electron chi connectivity index (χ3n) is 2.85. The van der Waals surface area contributed by atoms with Crippen molar-refractivity contribution in [1.82, 2.24) is 4.31 Å². The molecule has 2 aromatic rings. The topological polar surface area (TPSA) is 3.24 Å². The molecule has 0 saturated heterocycles. The Hall–Kier alpha value is -1.95. The lowest BCUT2D eigenvalue weighted by atomic mass is 10.2. The molecule has 0 saturated carbocycles. The summed E-state index contributed by atoms with van der Waals surface area (Å²) in [7, 11) is 0. The molecule has 2 heteroatoms. The fraction of sp³-hybridized carbons (Fsp3) is 0.158. The lowest BCUT2D eigenvalue weighted by Gasteiger charge is -2.16. The number of nitrogens with zero attached hydrogens (tertiary/aromatic N) is 1. The highest BCUT2D eigenvalue weighted by molar-refractivity contribution is 7.97. The van der Waals surface area contributed by atoms with Crippen LogP contribution in [-0.2, 0) is 0 Å². The van der Waals surface area contributed by atoms with Crippen molar-refractivity contribution in [1.29, 1.82) is 0 Å². The van der Waals surface area contributed by atoms with Crippen molar-refractivity contribution in [2.75, 3.05) is 13.1 Å². The van der Waals surface area contributed by atoms with E-state index >= 15 is 0 Å². The molecule has 0 spiro atoms. The predicted octanol–water partition coefficient (Wildman–Crippen LogP) is 4.54. The van der Waals surface area contributed by atoms with Crippen LogP contribution in [0.2, 0.25) is 0 Å². The maximum Gasteiger partial charge on any atom is 0.0712 e. The summed E-state index contributed by atoms with van der Waals surface area (Å²) in [6, 6.07) is 18.6. The fourth-order valence-electron chi connectivity index (χ4n) is 1.78. The van der Waals surface area contributed by atoms with Gasteiger partial charge in [0.15, 0.2) is 0 Å². The summed E-state index contributed by atoms with van der Waals surface area (Å²) in [6.07, 6.45) is 1.91. The molecule has 0 aliphatic carbocycles. The van der Waals surface area contributed by atoms with Crippen LogP contribution in [0.1, 0.15) is 11.1 Å². The number of aryl methyl sites for hydroxylation is 1. The van der Waals surface area contributed by atoms with Gasteiger partial charge in [0.25, 0.3) is 0 Å². The highest BCUT2D eigenvalue weighted by atomic mass is 32.2. The Bertz CT molecular complexity index is 620. The first kappa shape index (κ1) is 15.4. The first-order valence-electron chi connectivity index (χ1n) is 6.92. The van der Waals surface area contributed by atoms with E-state index in [1.54, 1.807) is 11.9 Å². The van der Waals surface area contributed by atoms with Crippen LogP contribution < -0.4 is 0 Å². The van der Waals surface area contributed by atoms with Gasteiger partial charge in [-0.2, -0.15) is 0 Å². The van der Waals surface area contributed by atoms with E-state index in [0.29, 0.717) is 6.54 Å². The largest absolute Gasteiger partial charge is 0.231 e. The number of hydrogen-bond acceptors (Lipinski definition) is 2. The standard InChI is InChI=1S/C19H19NS/c1-3-15-20(21-19-13-11-17(2)12-14-19)16-7-10-18-8-5-4-6-9-18/h3-6,8-9,11-14H,1,15-16H2,2H3. The van der Waals surface area contributed by atoms with Crippen molar-refractivity contribution in [3.8, 4) is 11.8 Å². The van der Waals surface area contributed by atoms with E-state index in [0.717, 1.165) is 12.1 Å². The van der Waals surface area contributed by atoms with Gasteiger partial charge in [-0.25, -0.2) is 4.31 Å². The van der Waals surface area contributed by atoms with Crippen molar-refractivity contribution in [3.05, 3.63) is 78.4 Å². The van der Waals surface area contributed by atoms with E-state index in [1.807, 2.05) is 36.4 Å². The lowest BCUT2D eigenvalue weighted by molar-refractivity contribution is 0.588. The van der Waals surface area contributed by atoms with E-state index in [4.69, 9.17) is 0 Å². The minimum atomic E-state index is 0.708. The van der Waals surface area contributed by atoms with Crippen LogP contribution in [0.4, 0.5) is 0 Å². The van der Waals surface area contributed by atoms with Gasteiger partial charge in [0.2, 0.25) is 0 Å². The third-order valence-corrected chi connectivity index (χ3v) is 3.87. The predicted molar refractivity (Wildman–Crippen MR) is 92.1 cm³/mol. The fourth-order valence-corrected chi connectivity index (χ4v) is 2.64. The minimum Gasteiger partial charge on any atom is -0.231 e. The zero-order valence-electron chi connectivity index (χ0n) is 12.3. The van der Waals surface area contributed by atoms with Crippen LogP contribution in [0.25, 0.3) is 0 Å². The highest BCUT2D eigenvalue weighted by Crippen LogP contribution is 2.22. The molecule has 0 bridgehead atoms. The lowest BCUT2D eigenvalue weighted by Crippen LogP contribution is -2.15. The second-order valence-corrected chi connectivity index (χ2v) is 5.85. The normalized spacial score (nSPS) is 10.0. The Morgan fingerprint density at radius 2 is 1.81 bits per heavy atom. The van der Waals surface area contributed by atoms with E-state index in [9.17, 15) is 0 Å². The van der Waals surface area contributed by atoms with Crippen molar-refractivity contribution in [2.45, 2.75) is 11.8 Å². The number of benzene rings is 2. The van der Waals surface area contributed by atoms with Crippen LogP contribution in [0.3, 0.4) is 0 Å². The molecular weight excluding hydrogens is 274 g/mol.